The third kappa shape index (κ3) is 4.66. The Morgan fingerprint density at radius 3 is 2.44 bits per heavy atom. The molecule has 0 unspecified atom stereocenters. The van der Waals surface area contributed by atoms with E-state index in [-0.39, 0.29) is 11.5 Å². The molecule has 132 valence electrons. The summed E-state index contributed by atoms with van der Waals surface area (Å²) in [4.78, 5) is 39.7. The fourth-order valence-corrected chi connectivity index (χ4v) is 2.76. The predicted molar refractivity (Wildman–Crippen MR) is 101 cm³/mol. The number of carbonyl (C=O) groups excluding carboxylic acids is 2. The van der Waals surface area contributed by atoms with Crippen molar-refractivity contribution in [1.82, 2.24) is 9.47 Å². The van der Waals surface area contributed by atoms with Gasteiger partial charge in [0.1, 0.15) is 0 Å². The van der Waals surface area contributed by atoms with Gasteiger partial charge in [0.2, 0.25) is 0 Å². The van der Waals surface area contributed by atoms with E-state index in [1.54, 1.807) is 43.4 Å². The van der Waals surface area contributed by atoms with Gasteiger partial charge < -0.3 is 4.90 Å². The normalized spacial score (nSPS) is 11.8. The number of pyridine rings is 1. The lowest BCUT2D eigenvalue weighted by Gasteiger charge is -2.24. The van der Waals surface area contributed by atoms with Gasteiger partial charge in [0.25, 0.3) is 11.5 Å². The molecule has 1 atom stereocenters. The molecule has 1 heterocycles. The van der Waals surface area contributed by atoms with Gasteiger partial charge in [-0.3, -0.25) is 19.0 Å². The summed E-state index contributed by atoms with van der Waals surface area (Å²) in [7, 11) is 1.66. The molecule has 0 aliphatic heterocycles. The smallest absolute Gasteiger partial charge is 0.253 e. The minimum Gasteiger partial charge on any atom is -0.344 e. The summed E-state index contributed by atoms with van der Waals surface area (Å²) in [6.45, 7) is 2.57. The average molecular weight is 405 g/mol. The first-order valence-corrected chi connectivity index (χ1v) is 8.97. The van der Waals surface area contributed by atoms with Gasteiger partial charge in [-0.1, -0.05) is 47.5 Å². The molecule has 0 saturated carbocycles. The lowest BCUT2D eigenvalue weighted by atomic mass is 10.0. The van der Waals surface area contributed by atoms with Gasteiger partial charge in [-0.2, -0.15) is 0 Å². The second-order valence-corrected chi connectivity index (χ2v) is 6.75. The highest BCUT2D eigenvalue weighted by atomic mass is 79.9. The zero-order valence-electron chi connectivity index (χ0n) is 14.3. The van der Waals surface area contributed by atoms with E-state index in [0.717, 1.165) is 17.3 Å². The summed E-state index contributed by atoms with van der Waals surface area (Å²) in [6, 6.07) is 10.2. The summed E-state index contributed by atoms with van der Waals surface area (Å²) >= 11 is 3.33. The number of aromatic nitrogens is 1. The van der Waals surface area contributed by atoms with Crippen LogP contribution in [0.3, 0.4) is 0 Å². The number of ketones is 1. The molecule has 2 aromatic rings. The minimum atomic E-state index is -1.20. The first-order chi connectivity index (χ1) is 12.0. The summed E-state index contributed by atoms with van der Waals surface area (Å²) in [5.41, 5.74) is 0.0106. The van der Waals surface area contributed by atoms with Gasteiger partial charge in [-0.05, 0) is 24.6 Å². The molecule has 0 bridgehead atoms. The Bertz CT molecular complexity index is 799. The quantitative estimate of drug-likeness (QED) is 0.525. The molecule has 1 amide bonds. The number of benzene rings is 1. The molecular weight excluding hydrogens is 384 g/mol. The van der Waals surface area contributed by atoms with Crippen LogP contribution in [0.25, 0.3) is 0 Å². The monoisotopic (exact) mass is 404 g/mol. The van der Waals surface area contributed by atoms with E-state index in [1.165, 1.54) is 21.7 Å². The number of hydrogen-bond acceptors (Lipinski definition) is 3. The van der Waals surface area contributed by atoms with Gasteiger partial charge in [0, 0.05) is 35.9 Å². The number of carbonyl (C=O) groups is 2. The third-order valence-electron chi connectivity index (χ3n) is 3.96. The Labute approximate surface area is 155 Å². The van der Waals surface area contributed by atoms with Gasteiger partial charge >= 0.3 is 0 Å². The van der Waals surface area contributed by atoms with Crippen molar-refractivity contribution in [2.75, 3.05) is 13.6 Å². The number of likely N-dealkylation sites (N-methyl/N-ethyl adjacent to an activating group) is 1. The number of Topliss-reactive ketones (excluding diaryl/α,β-unsaturated/α-hetero) is 1. The van der Waals surface area contributed by atoms with Crippen LogP contribution in [0.2, 0.25) is 0 Å². The Hall–Kier alpha value is -2.21. The second kappa shape index (κ2) is 8.76. The van der Waals surface area contributed by atoms with E-state index in [4.69, 9.17) is 0 Å². The molecule has 0 aliphatic carbocycles. The maximum atomic E-state index is 13.0. The van der Waals surface area contributed by atoms with Crippen LogP contribution in [0.1, 0.15) is 36.2 Å². The van der Waals surface area contributed by atoms with Crippen LogP contribution in [0.5, 0.6) is 0 Å². The molecule has 5 nitrogen and oxygen atoms in total. The molecule has 0 aliphatic rings. The van der Waals surface area contributed by atoms with E-state index in [1.807, 2.05) is 6.92 Å². The SMILES string of the molecule is CCCCN(C)C(=O)[C@H](C(=O)c1ccc(Br)cc1)n1ccccc1=O. The predicted octanol–water partition coefficient (Wildman–Crippen LogP) is 3.29. The maximum absolute atomic E-state index is 13.0. The molecule has 0 saturated heterocycles. The summed E-state index contributed by atoms with van der Waals surface area (Å²) in [5, 5.41) is 0. The van der Waals surface area contributed by atoms with Gasteiger partial charge in [-0.15, -0.1) is 0 Å². The van der Waals surface area contributed by atoms with E-state index < -0.39 is 11.8 Å². The Kier molecular flexibility index (Phi) is 6.70. The first-order valence-electron chi connectivity index (χ1n) is 8.17. The topological polar surface area (TPSA) is 59.4 Å². The van der Waals surface area contributed by atoms with Crippen molar-refractivity contribution >= 4 is 27.6 Å². The number of hydrogen-bond donors (Lipinski definition) is 0. The Morgan fingerprint density at radius 2 is 1.84 bits per heavy atom. The molecule has 1 aromatic carbocycles. The summed E-state index contributed by atoms with van der Waals surface area (Å²) < 4.78 is 2.04. The number of nitrogens with zero attached hydrogens (tertiary/aromatic N) is 2. The summed E-state index contributed by atoms with van der Waals surface area (Å²) in [6.07, 6.45) is 3.26. The van der Waals surface area contributed by atoms with Crippen LogP contribution in [0.4, 0.5) is 0 Å². The average Bonchev–Trinajstić information content (AvgIpc) is 2.61. The van der Waals surface area contributed by atoms with Crippen molar-refractivity contribution in [3.8, 4) is 0 Å². The van der Waals surface area contributed by atoms with Gasteiger partial charge in [0.05, 0.1) is 0 Å². The second-order valence-electron chi connectivity index (χ2n) is 5.83. The van der Waals surface area contributed by atoms with Crippen molar-refractivity contribution in [2.45, 2.75) is 25.8 Å². The fraction of sp³-hybridized carbons (Fsp3) is 0.316. The zero-order chi connectivity index (χ0) is 18.4. The van der Waals surface area contributed by atoms with E-state index in [9.17, 15) is 14.4 Å². The summed E-state index contributed by atoms with van der Waals surface area (Å²) in [5.74, 6) is -0.774. The van der Waals surface area contributed by atoms with Crippen molar-refractivity contribution < 1.29 is 9.59 Å². The van der Waals surface area contributed by atoms with Crippen LogP contribution in [0.15, 0.2) is 57.9 Å². The van der Waals surface area contributed by atoms with Gasteiger partial charge in [0.15, 0.2) is 11.8 Å². The highest BCUT2D eigenvalue weighted by molar-refractivity contribution is 9.10. The Balaban J connectivity index is 2.43. The lowest BCUT2D eigenvalue weighted by molar-refractivity contribution is -0.132. The van der Waals surface area contributed by atoms with E-state index in [2.05, 4.69) is 15.9 Å². The molecule has 25 heavy (non-hydrogen) atoms. The molecule has 0 fully saturated rings. The van der Waals surface area contributed by atoms with Crippen molar-refractivity contribution in [3.05, 3.63) is 69.1 Å². The van der Waals surface area contributed by atoms with Crippen LogP contribution in [-0.2, 0) is 4.79 Å². The highest BCUT2D eigenvalue weighted by Gasteiger charge is 2.32. The molecule has 1 aromatic heterocycles. The van der Waals surface area contributed by atoms with Crippen LogP contribution < -0.4 is 5.56 Å². The third-order valence-corrected chi connectivity index (χ3v) is 4.49. The van der Waals surface area contributed by atoms with Crippen molar-refractivity contribution in [2.24, 2.45) is 0 Å². The van der Waals surface area contributed by atoms with E-state index in [0.29, 0.717) is 12.1 Å². The van der Waals surface area contributed by atoms with Crippen molar-refractivity contribution in [3.63, 3.8) is 0 Å². The molecule has 0 spiro atoms. The number of amides is 1. The molecule has 0 radical (unpaired) electrons. The zero-order valence-corrected chi connectivity index (χ0v) is 15.9. The fourth-order valence-electron chi connectivity index (χ4n) is 2.50. The van der Waals surface area contributed by atoms with Gasteiger partial charge in [-0.25, -0.2) is 0 Å². The maximum Gasteiger partial charge on any atom is 0.253 e. The minimum absolute atomic E-state index is 0.379. The molecule has 0 N–H and O–H groups in total. The van der Waals surface area contributed by atoms with Crippen molar-refractivity contribution in [1.29, 1.82) is 0 Å². The lowest BCUT2D eigenvalue weighted by Crippen LogP contribution is -2.42. The molecular formula is C19H21BrN2O3. The number of halogens is 1. The molecule has 6 heteroatoms. The standard InChI is InChI=1S/C19H21BrN2O3/c1-3-4-12-21(2)19(25)17(22-13-6-5-7-16(22)23)18(24)14-8-10-15(20)11-9-14/h5-11,13,17H,3-4,12H2,1-2H3/t17-/m0/s1. The van der Waals surface area contributed by atoms with Crippen LogP contribution in [-0.4, -0.2) is 34.7 Å². The number of unbranched alkanes of at least 4 members (excludes halogenated alkanes) is 1. The largest absolute Gasteiger partial charge is 0.344 e. The first kappa shape index (κ1) is 19.1. The van der Waals surface area contributed by atoms with Crippen LogP contribution >= 0.6 is 15.9 Å². The Morgan fingerprint density at radius 1 is 1.16 bits per heavy atom. The highest BCUT2D eigenvalue weighted by Crippen LogP contribution is 2.18. The van der Waals surface area contributed by atoms with E-state index >= 15 is 0 Å². The van der Waals surface area contributed by atoms with Crippen LogP contribution in [0, 0.1) is 0 Å². The molecule has 2 rings (SSSR count). The number of rotatable bonds is 7.